The van der Waals surface area contributed by atoms with Crippen molar-refractivity contribution in [2.75, 3.05) is 5.32 Å². The highest BCUT2D eigenvalue weighted by Crippen LogP contribution is 2.22. The van der Waals surface area contributed by atoms with Gasteiger partial charge in [0.25, 0.3) is 0 Å². The molecule has 0 saturated heterocycles. The standard InChI is InChI=1S/C13H8ClN3O2/c14-11-5-4-8(6-10(11)13(18)19)16-12-3-1-2-9(7-15)17-12/h1-6H,(H,16,17)(H,18,19). The van der Waals surface area contributed by atoms with E-state index in [9.17, 15) is 4.79 Å². The number of carbonyl (C=O) groups is 1. The highest BCUT2D eigenvalue weighted by molar-refractivity contribution is 6.33. The Morgan fingerprint density at radius 1 is 1.37 bits per heavy atom. The van der Waals surface area contributed by atoms with Crippen LogP contribution in [0, 0.1) is 11.3 Å². The number of nitriles is 1. The van der Waals surface area contributed by atoms with Crippen molar-refractivity contribution in [3.05, 3.63) is 52.7 Å². The van der Waals surface area contributed by atoms with Crippen molar-refractivity contribution in [1.29, 1.82) is 5.26 Å². The van der Waals surface area contributed by atoms with Crippen LogP contribution in [0.2, 0.25) is 5.02 Å². The molecule has 2 aromatic rings. The molecular formula is C13H8ClN3O2. The van der Waals surface area contributed by atoms with Gasteiger partial charge < -0.3 is 10.4 Å². The predicted octanol–water partition coefficient (Wildman–Crippen LogP) is 3.05. The molecule has 94 valence electrons. The third-order valence-electron chi connectivity index (χ3n) is 2.33. The minimum atomic E-state index is -1.10. The fourth-order valence-corrected chi connectivity index (χ4v) is 1.68. The second kappa shape index (κ2) is 5.38. The Labute approximate surface area is 114 Å². The molecule has 0 aliphatic rings. The molecule has 2 N–H and O–H groups in total. The number of benzene rings is 1. The molecule has 0 radical (unpaired) electrons. The molecule has 0 spiro atoms. The van der Waals surface area contributed by atoms with Gasteiger partial charge in [-0.15, -0.1) is 0 Å². The van der Waals surface area contributed by atoms with Crippen molar-refractivity contribution in [2.24, 2.45) is 0 Å². The first-order chi connectivity index (χ1) is 9.10. The van der Waals surface area contributed by atoms with Gasteiger partial charge in [-0.1, -0.05) is 17.7 Å². The summed E-state index contributed by atoms with van der Waals surface area (Å²) < 4.78 is 0. The molecule has 0 unspecified atom stereocenters. The van der Waals surface area contributed by atoms with Crippen LogP contribution in [-0.2, 0) is 0 Å². The molecule has 5 nitrogen and oxygen atoms in total. The van der Waals surface area contributed by atoms with Crippen molar-refractivity contribution in [3.63, 3.8) is 0 Å². The van der Waals surface area contributed by atoms with Crippen LogP contribution in [-0.4, -0.2) is 16.1 Å². The molecular weight excluding hydrogens is 266 g/mol. The zero-order chi connectivity index (χ0) is 13.8. The zero-order valence-corrected chi connectivity index (χ0v) is 10.3. The highest BCUT2D eigenvalue weighted by Gasteiger charge is 2.09. The van der Waals surface area contributed by atoms with E-state index in [4.69, 9.17) is 22.0 Å². The summed E-state index contributed by atoms with van der Waals surface area (Å²) in [6.45, 7) is 0. The van der Waals surface area contributed by atoms with Crippen LogP contribution in [0.1, 0.15) is 16.1 Å². The number of aromatic carboxylic acids is 1. The molecule has 19 heavy (non-hydrogen) atoms. The van der Waals surface area contributed by atoms with E-state index >= 15 is 0 Å². The molecule has 1 aromatic carbocycles. The Morgan fingerprint density at radius 2 is 2.16 bits per heavy atom. The average molecular weight is 274 g/mol. The molecule has 1 heterocycles. The third-order valence-corrected chi connectivity index (χ3v) is 2.66. The Hall–Kier alpha value is -2.58. The fourth-order valence-electron chi connectivity index (χ4n) is 1.48. The number of carboxylic acid groups (broad SMARTS) is 1. The fraction of sp³-hybridized carbons (Fsp3) is 0. The first kappa shape index (κ1) is 12.9. The van der Waals surface area contributed by atoms with Crippen molar-refractivity contribution < 1.29 is 9.90 Å². The van der Waals surface area contributed by atoms with E-state index in [1.54, 1.807) is 24.3 Å². The lowest BCUT2D eigenvalue weighted by Crippen LogP contribution is -2.00. The number of nitrogens with zero attached hydrogens (tertiary/aromatic N) is 2. The van der Waals surface area contributed by atoms with E-state index in [0.29, 0.717) is 11.5 Å². The lowest BCUT2D eigenvalue weighted by Gasteiger charge is -2.07. The number of rotatable bonds is 3. The third kappa shape index (κ3) is 3.00. The SMILES string of the molecule is N#Cc1cccc(Nc2ccc(Cl)c(C(=O)O)c2)n1. The summed E-state index contributed by atoms with van der Waals surface area (Å²) in [7, 11) is 0. The molecule has 0 bridgehead atoms. The molecule has 0 aliphatic heterocycles. The van der Waals surface area contributed by atoms with E-state index in [-0.39, 0.29) is 16.3 Å². The molecule has 0 saturated carbocycles. The Morgan fingerprint density at radius 3 is 2.84 bits per heavy atom. The number of pyridine rings is 1. The summed E-state index contributed by atoms with van der Waals surface area (Å²) in [6.07, 6.45) is 0. The largest absolute Gasteiger partial charge is 0.478 e. The van der Waals surface area contributed by atoms with Crippen molar-refractivity contribution >= 4 is 29.1 Å². The first-order valence-electron chi connectivity index (χ1n) is 5.27. The smallest absolute Gasteiger partial charge is 0.337 e. The highest BCUT2D eigenvalue weighted by atomic mass is 35.5. The first-order valence-corrected chi connectivity index (χ1v) is 5.65. The molecule has 0 aliphatic carbocycles. The second-order valence-electron chi connectivity index (χ2n) is 3.64. The lowest BCUT2D eigenvalue weighted by molar-refractivity contribution is 0.0697. The van der Waals surface area contributed by atoms with Gasteiger partial charge in [-0.2, -0.15) is 5.26 Å². The van der Waals surface area contributed by atoms with Crippen LogP contribution in [0.15, 0.2) is 36.4 Å². The van der Waals surface area contributed by atoms with Gasteiger partial charge >= 0.3 is 5.97 Å². The average Bonchev–Trinajstić information content (AvgIpc) is 2.41. The summed E-state index contributed by atoms with van der Waals surface area (Å²) in [5.74, 6) is -0.648. The number of hydrogen-bond donors (Lipinski definition) is 2. The number of anilines is 2. The van der Waals surface area contributed by atoms with E-state index in [1.165, 1.54) is 12.1 Å². The zero-order valence-electron chi connectivity index (χ0n) is 9.59. The van der Waals surface area contributed by atoms with Gasteiger partial charge in [-0.25, -0.2) is 9.78 Å². The van der Waals surface area contributed by atoms with Gasteiger partial charge in [0, 0.05) is 5.69 Å². The summed E-state index contributed by atoms with van der Waals surface area (Å²) in [5, 5.41) is 20.8. The Balaban J connectivity index is 2.31. The van der Waals surface area contributed by atoms with Crippen LogP contribution >= 0.6 is 11.6 Å². The van der Waals surface area contributed by atoms with Gasteiger partial charge in [0.2, 0.25) is 0 Å². The van der Waals surface area contributed by atoms with Gasteiger partial charge in [-0.3, -0.25) is 0 Å². The molecule has 0 fully saturated rings. The predicted molar refractivity (Wildman–Crippen MR) is 70.6 cm³/mol. The summed E-state index contributed by atoms with van der Waals surface area (Å²) in [4.78, 5) is 15.0. The number of nitrogens with one attached hydrogen (secondary N) is 1. The van der Waals surface area contributed by atoms with E-state index < -0.39 is 5.97 Å². The monoisotopic (exact) mass is 273 g/mol. The lowest BCUT2D eigenvalue weighted by atomic mass is 10.2. The molecule has 6 heteroatoms. The van der Waals surface area contributed by atoms with Gasteiger partial charge in [0.05, 0.1) is 10.6 Å². The quantitative estimate of drug-likeness (QED) is 0.897. The number of aromatic nitrogens is 1. The summed E-state index contributed by atoms with van der Waals surface area (Å²) in [6, 6.07) is 11.4. The van der Waals surface area contributed by atoms with Crippen molar-refractivity contribution in [1.82, 2.24) is 4.98 Å². The van der Waals surface area contributed by atoms with Crippen molar-refractivity contribution in [2.45, 2.75) is 0 Å². The Kier molecular flexibility index (Phi) is 3.64. The van der Waals surface area contributed by atoms with Crippen LogP contribution in [0.3, 0.4) is 0 Å². The maximum atomic E-state index is 11.0. The summed E-state index contributed by atoms with van der Waals surface area (Å²) >= 11 is 5.77. The van der Waals surface area contributed by atoms with Crippen LogP contribution in [0.5, 0.6) is 0 Å². The van der Waals surface area contributed by atoms with Crippen molar-refractivity contribution in [3.8, 4) is 6.07 Å². The molecule has 0 atom stereocenters. The van der Waals surface area contributed by atoms with Gasteiger partial charge in [-0.05, 0) is 30.3 Å². The molecule has 0 amide bonds. The van der Waals surface area contributed by atoms with E-state index in [2.05, 4.69) is 10.3 Å². The molecule has 2 rings (SSSR count). The normalized spacial score (nSPS) is 9.68. The van der Waals surface area contributed by atoms with Crippen LogP contribution in [0.25, 0.3) is 0 Å². The maximum Gasteiger partial charge on any atom is 0.337 e. The van der Waals surface area contributed by atoms with Gasteiger partial charge in [0.1, 0.15) is 17.6 Å². The van der Waals surface area contributed by atoms with E-state index in [1.807, 2.05) is 6.07 Å². The maximum absolute atomic E-state index is 11.0. The second-order valence-corrected chi connectivity index (χ2v) is 4.05. The van der Waals surface area contributed by atoms with Gasteiger partial charge in [0.15, 0.2) is 0 Å². The number of halogens is 1. The summed E-state index contributed by atoms with van der Waals surface area (Å²) in [5.41, 5.74) is 0.810. The topological polar surface area (TPSA) is 86.0 Å². The van der Waals surface area contributed by atoms with Crippen LogP contribution < -0.4 is 5.32 Å². The number of carboxylic acids is 1. The van der Waals surface area contributed by atoms with E-state index in [0.717, 1.165) is 0 Å². The Bertz CT molecular complexity index is 680. The number of hydrogen-bond acceptors (Lipinski definition) is 4. The molecule has 1 aromatic heterocycles. The minimum Gasteiger partial charge on any atom is -0.478 e. The van der Waals surface area contributed by atoms with Crippen LogP contribution in [0.4, 0.5) is 11.5 Å². The minimum absolute atomic E-state index is 0.00287.